The first-order chi connectivity index (χ1) is 7.82. The van der Waals surface area contributed by atoms with Gasteiger partial charge < -0.3 is 5.73 Å². The Morgan fingerprint density at radius 3 is 2.59 bits per heavy atom. The minimum Gasteiger partial charge on any atom is -0.329 e. The van der Waals surface area contributed by atoms with Crippen LogP contribution in [0.1, 0.15) is 12.5 Å². The van der Waals surface area contributed by atoms with Gasteiger partial charge in [-0.2, -0.15) is 4.31 Å². The van der Waals surface area contributed by atoms with Crippen LogP contribution in [0.15, 0.2) is 23.1 Å². The Morgan fingerprint density at radius 1 is 1.47 bits per heavy atom. The molecule has 0 saturated carbocycles. The van der Waals surface area contributed by atoms with Crippen LogP contribution in [-0.4, -0.2) is 32.4 Å². The highest BCUT2D eigenvalue weighted by atomic mass is 35.5. The molecule has 0 aliphatic carbocycles. The molecule has 0 spiro atoms. The molecule has 1 atom stereocenters. The van der Waals surface area contributed by atoms with Crippen LogP contribution in [0, 0.1) is 6.92 Å². The number of likely N-dealkylation sites (N-methyl/N-ethyl adjacent to an activating group) is 1. The van der Waals surface area contributed by atoms with Crippen LogP contribution in [0.5, 0.6) is 0 Å². The van der Waals surface area contributed by atoms with Gasteiger partial charge in [0.05, 0.1) is 4.90 Å². The number of nitrogens with zero attached hydrogens (tertiary/aromatic N) is 1. The van der Waals surface area contributed by atoms with E-state index >= 15 is 0 Å². The second kappa shape index (κ2) is 5.35. The first-order valence-corrected chi connectivity index (χ1v) is 7.07. The van der Waals surface area contributed by atoms with Crippen LogP contribution in [-0.2, 0) is 10.0 Å². The van der Waals surface area contributed by atoms with E-state index in [2.05, 4.69) is 0 Å². The maximum Gasteiger partial charge on any atom is 0.243 e. The van der Waals surface area contributed by atoms with Crippen molar-refractivity contribution < 1.29 is 8.42 Å². The Balaban J connectivity index is 3.27. The molecule has 1 rings (SSSR count). The summed E-state index contributed by atoms with van der Waals surface area (Å²) < 4.78 is 25.9. The smallest absolute Gasteiger partial charge is 0.243 e. The zero-order valence-electron chi connectivity index (χ0n) is 10.1. The number of sulfonamides is 1. The fourth-order valence-electron chi connectivity index (χ4n) is 1.41. The summed E-state index contributed by atoms with van der Waals surface area (Å²) in [5.41, 5.74) is 6.04. The zero-order valence-corrected chi connectivity index (χ0v) is 11.7. The molecule has 0 aromatic heterocycles. The Labute approximate surface area is 107 Å². The highest BCUT2D eigenvalue weighted by Crippen LogP contribution is 2.25. The van der Waals surface area contributed by atoms with Gasteiger partial charge >= 0.3 is 0 Å². The minimum absolute atomic E-state index is 0.229. The molecule has 96 valence electrons. The van der Waals surface area contributed by atoms with E-state index in [9.17, 15) is 8.42 Å². The molecule has 1 aromatic rings. The fourth-order valence-corrected chi connectivity index (χ4v) is 3.26. The second-order valence-electron chi connectivity index (χ2n) is 3.97. The lowest BCUT2D eigenvalue weighted by molar-refractivity contribution is 0.394. The predicted molar refractivity (Wildman–Crippen MR) is 69.7 cm³/mol. The van der Waals surface area contributed by atoms with Crippen molar-refractivity contribution in [2.24, 2.45) is 5.73 Å². The lowest BCUT2D eigenvalue weighted by Gasteiger charge is -2.24. The van der Waals surface area contributed by atoms with Gasteiger partial charge in [0, 0.05) is 24.7 Å². The quantitative estimate of drug-likeness (QED) is 0.909. The largest absolute Gasteiger partial charge is 0.329 e. The van der Waals surface area contributed by atoms with E-state index < -0.39 is 10.0 Å². The first-order valence-electron chi connectivity index (χ1n) is 5.25. The summed E-state index contributed by atoms with van der Waals surface area (Å²) >= 11 is 5.93. The summed E-state index contributed by atoms with van der Waals surface area (Å²) in [7, 11) is -2.01. The summed E-state index contributed by atoms with van der Waals surface area (Å²) in [6, 6.07) is 4.60. The van der Waals surface area contributed by atoms with Crippen LogP contribution in [0.3, 0.4) is 0 Å². The average Bonchev–Trinajstić information content (AvgIpc) is 2.30. The van der Waals surface area contributed by atoms with Crippen molar-refractivity contribution in [2.45, 2.75) is 24.8 Å². The minimum atomic E-state index is -3.53. The van der Waals surface area contributed by atoms with Crippen LogP contribution in [0.25, 0.3) is 0 Å². The third-order valence-electron chi connectivity index (χ3n) is 2.84. The van der Waals surface area contributed by atoms with Gasteiger partial charge in [-0.3, -0.25) is 0 Å². The Morgan fingerprint density at radius 2 is 2.06 bits per heavy atom. The van der Waals surface area contributed by atoms with E-state index in [1.54, 1.807) is 32.0 Å². The van der Waals surface area contributed by atoms with Gasteiger partial charge in [0.15, 0.2) is 0 Å². The molecule has 0 aliphatic heterocycles. The van der Waals surface area contributed by atoms with Crippen molar-refractivity contribution >= 4 is 21.6 Å². The Kier molecular flexibility index (Phi) is 4.55. The molecule has 1 aromatic carbocycles. The third kappa shape index (κ3) is 2.80. The van der Waals surface area contributed by atoms with Gasteiger partial charge in [-0.1, -0.05) is 17.7 Å². The molecule has 0 heterocycles. The number of benzene rings is 1. The van der Waals surface area contributed by atoms with E-state index in [0.29, 0.717) is 10.6 Å². The summed E-state index contributed by atoms with van der Waals surface area (Å²) in [5.74, 6) is 0. The number of hydrogen-bond donors (Lipinski definition) is 1. The van der Waals surface area contributed by atoms with Gasteiger partial charge in [0.2, 0.25) is 10.0 Å². The number of halogens is 1. The van der Waals surface area contributed by atoms with Gasteiger partial charge in [-0.15, -0.1) is 0 Å². The maximum absolute atomic E-state index is 12.3. The molecule has 0 fully saturated rings. The summed E-state index contributed by atoms with van der Waals surface area (Å²) in [4.78, 5) is 0.229. The molecule has 0 bridgehead atoms. The molecular formula is C11H17ClN2O2S. The van der Waals surface area contributed by atoms with Crippen molar-refractivity contribution in [3.8, 4) is 0 Å². The molecule has 0 saturated heterocycles. The fraction of sp³-hybridized carbons (Fsp3) is 0.455. The number of hydrogen-bond acceptors (Lipinski definition) is 3. The first kappa shape index (κ1) is 14.4. The molecular weight excluding hydrogens is 260 g/mol. The van der Waals surface area contributed by atoms with Gasteiger partial charge in [-0.25, -0.2) is 8.42 Å². The molecule has 0 amide bonds. The summed E-state index contributed by atoms with van der Waals surface area (Å²) in [6.45, 7) is 3.73. The molecule has 1 unspecified atom stereocenters. The van der Waals surface area contributed by atoms with Crippen molar-refractivity contribution in [1.29, 1.82) is 0 Å². The number of rotatable bonds is 4. The summed E-state index contributed by atoms with van der Waals surface area (Å²) in [5, 5.41) is 0.444. The zero-order chi connectivity index (χ0) is 13.2. The van der Waals surface area contributed by atoms with Gasteiger partial charge in [0.25, 0.3) is 0 Å². The van der Waals surface area contributed by atoms with Crippen molar-refractivity contribution in [2.75, 3.05) is 13.6 Å². The molecule has 4 nitrogen and oxygen atoms in total. The second-order valence-corrected chi connectivity index (χ2v) is 6.34. The third-order valence-corrected chi connectivity index (χ3v) is 5.36. The van der Waals surface area contributed by atoms with E-state index in [4.69, 9.17) is 17.3 Å². The van der Waals surface area contributed by atoms with Gasteiger partial charge in [-0.05, 0) is 31.5 Å². The highest BCUT2D eigenvalue weighted by molar-refractivity contribution is 7.89. The monoisotopic (exact) mass is 276 g/mol. The molecule has 6 heteroatoms. The lowest BCUT2D eigenvalue weighted by atomic mass is 10.2. The summed E-state index contributed by atoms with van der Waals surface area (Å²) in [6.07, 6.45) is 0. The SMILES string of the molecule is Cc1c(Cl)cccc1S(=O)(=O)N(C)C(C)CN. The van der Waals surface area contributed by atoms with Crippen LogP contribution < -0.4 is 5.73 Å². The van der Waals surface area contributed by atoms with E-state index in [1.807, 2.05) is 0 Å². The van der Waals surface area contributed by atoms with Crippen LogP contribution >= 0.6 is 11.6 Å². The van der Waals surface area contributed by atoms with Crippen molar-refractivity contribution in [3.05, 3.63) is 28.8 Å². The van der Waals surface area contributed by atoms with E-state index in [-0.39, 0.29) is 17.5 Å². The Bertz CT molecular complexity index is 502. The molecule has 17 heavy (non-hydrogen) atoms. The maximum atomic E-state index is 12.3. The Hall–Kier alpha value is -0.620. The van der Waals surface area contributed by atoms with E-state index in [1.165, 1.54) is 11.4 Å². The van der Waals surface area contributed by atoms with Crippen molar-refractivity contribution in [1.82, 2.24) is 4.31 Å². The van der Waals surface area contributed by atoms with Gasteiger partial charge in [0.1, 0.15) is 0 Å². The van der Waals surface area contributed by atoms with Crippen molar-refractivity contribution in [3.63, 3.8) is 0 Å². The normalized spacial score (nSPS) is 14.0. The lowest BCUT2D eigenvalue weighted by Crippen LogP contribution is -2.39. The molecule has 2 N–H and O–H groups in total. The molecule has 0 radical (unpaired) electrons. The van der Waals surface area contributed by atoms with Crippen LogP contribution in [0.4, 0.5) is 0 Å². The number of nitrogens with two attached hydrogens (primary N) is 1. The van der Waals surface area contributed by atoms with E-state index in [0.717, 1.165) is 0 Å². The van der Waals surface area contributed by atoms with Crippen LogP contribution in [0.2, 0.25) is 5.02 Å². The topological polar surface area (TPSA) is 63.4 Å². The predicted octanol–water partition coefficient (Wildman–Crippen LogP) is 1.62. The average molecular weight is 277 g/mol. The molecule has 0 aliphatic rings. The standard InChI is InChI=1S/C11H17ClN2O2S/c1-8(7-13)14(3)17(15,16)11-6-4-5-10(12)9(11)2/h4-6,8H,7,13H2,1-3H3. The highest BCUT2D eigenvalue weighted by Gasteiger charge is 2.26.